The first-order valence-corrected chi connectivity index (χ1v) is 8.54. The van der Waals surface area contributed by atoms with Crippen LogP contribution in [0, 0.1) is 17.8 Å². The highest BCUT2D eigenvalue weighted by atomic mass is 16.5. The standard InChI is InChI=1S/C19H31NO/c1-5-9-21-18-8-6-7-16(13-18)19(20-4)17-11-14(2)10-15(3)12-17/h6-8,13-15,17,19-20H,5,9-12H2,1-4H3. The van der Waals surface area contributed by atoms with Gasteiger partial charge in [0.2, 0.25) is 0 Å². The molecule has 0 bridgehead atoms. The summed E-state index contributed by atoms with van der Waals surface area (Å²) in [7, 11) is 2.09. The zero-order valence-electron chi connectivity index (χ0n) is 14.1. The van der Waals surface area contributed by atoms with Gasteiger partial charge in [0.25, 0.3) is 0 Å². The summed E-state index contributed by atoms with van der Waals surface area (Å²) in [6.45, 7) is 7.74. The third-order valence-corrected chi connectivity index (χ3v) is 4.69. The van der Waals surface area contributed by atoms with Crippen molar-refractivity contribution in [2.24, 2.45) is 17.8 Å². The first-order valence-electron chi connectivity index (χ1n) is 8.54. The van der Waals surface area contributed by atoms with Crippen molar-refractivity contribution in [3.8, 4) is 5.75 Å². The van der Waals surface area contributed by atoms with Gasteiger partial charge >= 0.3 is 0 Å². The van der Waals surface area contributed by atoms with Gasteiger partial charge in [0.05, 0.1) is 6.61 Å². The minimum Gasteiger partial charge on any atom is -0.494 e. The van der Waals surface area contributed by atoms with Crippen LogP contribution in [0.5, 0.6) is 5.75 Å². The number of hydrogen-bond acceptors (Lipinski definition) is 2. The van der Waals surface area contributed by atoms with Crippen LogP contribution in [0.2, 0.25) is 0 Å². The summed E-state index contributed by atoms with van der Waals surface area (Å²) in [6.07, 6.45) is 5.09. The van der Waals surface area contributed by atoms with Gasteiger partial charge in [-0.25, -0.2) is 0 Å². The summed E-state index contributed by atoms with van der Waals surface area (Å²) < 4.78 is 5.79. The van der Waals surface area contributed by atoms with Gasteiger partial charge in [-0.2, -0.15) is 0 Å². The number of hydrogen-bond donors (Lipinski definition) is 1. The lowest BCUT2D eigenvalue weighted by Gasteiger charge is -2.36. The van der Waals surface area contributed by atoms with Crippen LogP contribution < -0.4 is 10.1 Å². The van der Waals surface area contributed by atoms with Crippen molar-refractivity contribution >= 4 is 0 Å². The zero-order chi connectivity index (χ0) is 15.2. The Hall–Kier alpha value is -1.02. The van der Waals surface area contributed by atoms with Crippen LogP contribution in [-0.4, -0.2) is 13.7 Å². The van der Waals surface area contributed by atoms with Crippen LogP contribution in [0.25, 0.3) is 0 Å². The van der Waals surface area contributed by atoms with Gasteiger partial charge in [0.15, 0.2) is 0 Å². The van der Waals surface area contributed by atoms with E-state index in [0.717, 1.165) is 36.5 Å². The number of nitrogens with one attached hydrogen (secondary N) is 1. The number of benzene rings is 1. The molecule has 1 fully saturated rings. The molecule has 2 heteroatoms. The van der Waals surface area contributed by atoms with Gasteiger partial charge in [-0.05, 0) is 68.2 Å². The third-order valence-electron chi connectivity index (χ3n) is 4.69. The molecule has 0 heterocycles. The van der Waals surface area contributed by atoms with E-state index in [0.29, 0.717) is 6.04 Å². The maximum atomic E-state index is 5.79. The van der Waals surface area contributed by atoms with Crippen LogP contribution in [0.4, 0.5) is 0 Å². The summed E-state index contributed by atoms with van der Waals surface area (Å²) in [6, 6.07) is 9.10. The molecule has 118 valence electrons. The first kappa shape index (κ1) is 16.4. The first-order chi connectivity index (χ1) is 10.1. The topological polar surface area (TPSA) is 21.3 Å². The lowest BCUT2D eigenvalue weighted by atomic mass is 9.72. The maximum absolute atomic E-state index is 5.79. The molecule has 1 aliphatic rings. The molecule has 0 amide bonds. The molecule has 1 saturated carbocycles. The lowest BCUT2D eigenvalue weighted by molar-refractivity contribution is 0.180. The van der Waals surface area contributed by atoms with Gasteiger partial charge in [-0.1, -0.05) is 32.9 Å². The van der Waals surface area contributed by atoms with Crippen LogP contribution in [0.3, 0.4) is 0 Å². The zero-order valence-corrected chi connectivity index (χ0v) is 14.1. The van der Waals surface area contributed by atoms with E-state index in [1.54, 1.807) is 0 Å². The van der Waals surface area contributed by atoms with Crippen LogP contribution >= 0.6 is 0 Å². The second-order valence-corrected chi connectivity index (χ2v) is 6.86. The minimum atomic E-state index is 0.445. The molecule has 1 aromatic carbocycles. The monoisotopic (exact) mass is 289 g/mol. The summed E-state index contributed by atoms with van der Waals surface area (Å²) in [4.78, 5) is 0. The average Bonchev–Trinajstić information content (AvgIpc) is 2.45. The quantitative estimate of drug-likeness (QED) is 0.811. The van der Waals surface area contributed by atoms with Crippen molar-refractivity contribution in [1.82, 2.24) is 5.32 Å². The number of rotatable bonds is 6. The summed E-state index contributed by atoms with van der Waals surface area (Å²) in [5.41, 5.74) is 1.37. The predicted octanol–water partition coefficient (Wildman–Crippen LogP) is 4.81. The fourth-order valence-electron chi connectivity index (χ4n) is 3.97. The molecule has 3 unspecified atom stereocenters. The van der Waals surface area contributed by atoms with E-state index in [2.05, 4.69) is 57.4 Å². The van der Waals surface area contributed by atoms with E-state index in [1.807, 2.05) is 0 Å². The van der Waals surface area contributed by atoms with Gasteiger partial charge in [0.1, 0.15) is 5.75 Å². The van der Waals surface area contributed by atoms with Gasteiger partial charge < -0.3 is 10.1 Å². The van der Waals surface area contributed by atoms with E-state index >= 15 is 0 Å². The highest BCUT2D eigenvalue weighted by Gasteiger charge is 2.30. The molecular formula is C19H31NO. The molecule has 0 saturated heterocycles. The predicted molar refractivity (Wildman–Crippen MR) is 89.7 cm³/mol. The fraction of sp³-hybridized carbons (Fsp3) is 0.684. The molecule has 0 spiro atoms. The largest absolute Gasteiger partial charge is 0.494 e. The van der Waals surface area contributed by atoms with Crippen molar-refractivity contribution in [2.45, 2.75) is 52.5 Å². The average molecular weight is 289 g/mol. The molecule has 1 aromatic rings. The van der Waals surface area contributed by atoms with E-state index < -0.39 is 0 Å². The van der Waals surface area contributed by atoms with Gasteiger partial charge in [-0.3, -0.25) is 0 Å². The summed E-state index contributed by atoms with van der Waals surface area (Å²) in [5, 5.41) is 3.56. The Morgan fingerprint density at radius 3 is 2.52 bits per heavy atom. The molecule has 1 N–H and O–H groups in total. The Kier molecular flexibility index (Phi) is 6.10. The summed E-state index contributed by atoms with van der Waals surface area (Å²) in [5.74, 6) is 3.42. The second kappa shape index (κ2) is 7.84. The van der Waals surface area contributed by atoms with Crippen molar-refractivity contribution in [2.75, 3.05) is 13.7 Å². The van der Waals surface area contributed by atoms with E-state index in [-0.39, 0.29) is 0 Å². The molecule has 21 heavy (non-hydrogen) atoms. The maximum Gasteiger partial charge on any atom is 0.119 e. The van der Waals surface area contributed by atoms with Gasteiger partial charge in [-0.15, -0.1) is 0 Å². The SMILES string of the molecule is CCCOc1cccc(C(NC)C2CC(C)CC(C)C2)c1. The van der Waals surface area contributed by atoms with Crippen LogP contribution in [0.15, 0.2) is 24.3 Å². The van der Waals surface area contributed by atoms with Gasteiger partial charge in [0, 0.05) is 6.04 Å². The lowest BCUT2D eigenvalue weighted by Crippen LogP contribution is -2.31. The minimum absolute atomic E-state index is 0.445. The molecule has 1 aliphatic carbocycles. The van der Waals surface area contributed by atoms with E-state index in [4.69, 9.17) is 4.74 Å². The van der Waals surface area contributed by atoms with Crippen LogP contribution in [0.1, 0.15) is 58.1 Å². The Labute approximate surface area is 130 Å². The fourth-order valence-corrected chi connectivity index (χ4v) is 3.97. The van der Waals surface area contributed by atoms with Crippen molar-refractivity contribution in [3.05, 3.63) is 29.8 Å². The Morgan fingerprint density at radius 2 is 1.90 bits per heavy atom. The molecule has 3 atom stereocenters. The molecule has 2 nitrogen and oxygen atoms in total. The highest BCUT2D eigenvalue weighted by Crippen LogP contribution is 2.40. The van der Waals surface area contributed by atoms with E-state index in [1.165, 1.54) is 24.8 Å². The normalized spacial score (nSPS) is 27.3. The molecule has 2 rings (SSSR count). The van der Waals surface area contributed by atoms with Crippen molar-refractivity contribution in [3.63, 3.8) is 0 Å². The van der Waals surface area contributed by atoms with Crippen molar-refractivity contribution in [1.29, 1.82) is 0 Å². The Morgan fingerprint density at radius 1 is 1.19 bits per heavy atom. The highest BCUT2D eigenvalue weighted by molar-refractivity contribution is 5.31. The smallest absolute Gasteiger partial charge is 0.119 e. The Bertz CT molecular complexity index is 421. The molecular weight excluding hydrogens is 258 g/mol. The Balaban J connectivity index is 2.12. The molecule has 0 aromatic heterocycles. The summed E-state index contributed by atoms with van der Waals surface area (Å²) >= 11 is 0. The van der Waals surface area contributed by atoms with Crippen LogP contribution in [-0.2, 0) is 0 Å². The third kappa shape index (κ3) is 4.47. The second-order valence-electron chi connectivity index (χ2n) is 6.86. The van der Waals surface area contributed by atoms with Crippen molar-refractivity contribution < 1.29 is 4.74 Å². The number of ether oxygens (including phenoxy) is 1. The van der Waals surface area contributed by atoms with E-state index in [9.17, 15) is 0 Å². The molecule has 0 radical (unpaired) electrons. The molecule has 0 aliphatic heterocycles.